The number of ether oxygens (including phenoxy) is 1. The minimum Gasteiger partial charge on any atom is -0.406 e. The molecule has 0 aromatic heterocycles. The lowest BCUT2D eigenvalue weighted by Crippen LogP contribution is -2.16. The van der Waals surface area contributed by atoms with Crippen molar-refractivity contribution in [2.24, 2.45) is 10.7 Å². The van der Waals surface area contributed by atoms with Gasteiger partial charge in [-0.1, -0.05) is 11.8 Å². The zero-order valence-electron chi connectivity index (χ0n) is 8.69. The number of benzene rings is 1. The summed E-state index contributed by atoms with van der Waals surface area (Å²) in [7, 11) is 0. The zero-order chi connectivity index (χ0) is 12.2. The van der Waals surface area contributed by atoms with Gasteiger partial charge in [0, 0.05) is 0 Å². The van der Waals surface area contributed by atoms with Crippen LogP contribution in [0, 0.1) is 0 Å². The van der Waals surface area contributed by atoms with Crippen LogP contribution in [0.15, 0.2) is 29.3 Å². The van der Waals surface area contributed by atoms with Crippen LogP contribution in [-0.2, 0) is 0 Å². The molecule has 1 aromatic rings. The van der Waals surface area contributed by atoms with Gasteiger partial charge >= 0.3 is 6.36 Å². The van der Waals surface area contributed by atoms with Gasteiger partial charge in [0.05, 0.1) is 5.69 Å². The van der Waals surface area contributed by atoms with E-state index in [2.05, 4.69) is 9.73 Å². The Hall–Kier alpha value is -0.640. The van der Waals surface area contributed by atoms with Crippen molar-refractivity contribution in [1.82, 2.24) is 0 Å². The Bertz CT molecular complexity index is 381. The molecule has 17 heavy (non-hydrogen) atoms. The van der Waals surface area contributed by atoms with Gasteiger partial charge in [-0.15, -0.1) is 37.1 Å². The van der Waals surface area contributed by atoms with Crippen LogP contribution in [0.4, 0.5) is 18.9 Å². The van der Waals surface area contributed by atoms with Crippen molar-refractivity contribution in [1.29, 1.82) is 0 Å². The highest BCUT2D eigenvalue weighted by molar-refractivity contribution is 14.0. The van der Waals surface area contributed by atoms with Crippen LogP contribution >= 0.6 is 35.7 Å². The number of nitrogens with two attached hydrogens (primary N) is 1. The Morgan fingerprint density at radius 3 is 2.24 bits per heavy atom. The third-order valence-electron chi connectivity index (χ3n) is 1.52. The number of halogens is 4. The number of nitrogens with zero attached hydrogens (tertiary/aromatic N) is 1. The van der Waals surface area contributed by atoms with E-state index < -0.39 is 6.36 Å². The second-order valence-electron chi connectivity index (χ2n) is 2.70. The third kappa shape index (κ3) is 6.61. The molecule has 96 valence electrons. The Labute approximate surface area is 118 Å². The molecule has 0 heterocycles. The Morgan fingerprint density at radius 2 is 1.82 bits per heavy atom. The predicted molar refractivity (Wildman–Crippen MR) is 73.3 cm³/mol. The molecule has 1 aromatic carbocycles. The van der Waals surface area contributed by atoms with Crippen LogP contribution in [0.1, 0.15) is 0 Å². The summed E-state index contributed by atoms with van der Waals surface area (Å²) in [6.07, 6.45) is -2.93. The van der Waals surface area contributed by atoms with Gasteiger partial charge in [0.15, 0.2) is 5.17 Å². The first kappa shape index (κ1) is 16.4. The van der Waals surface area contributed by atoms with Gasteiger partial charge in [-0.3, -0.25) is 0 Å². The van der Waals surface area contributed by atoms with Gasteiger partial charge in [-0.2, -0.15) is 0 Å². The molecular formula is C9H10F3IN2OS. The fourth-order valence-electron chi connectivity index (χ4n) is 0.895. The minimum atomic E-state index is -4.68. The van der Waals surface area contributed by atoms with E-state index >= 15 is 0 Å². The fraction of sp³-hybridized carbons (Fsp3) is 0.222. The zero-order valence-corrected chi connectivity index (χ0v) is 11.8. The smallest absolute Gasteiger partial charge is 0.406 e. The molecule has 0 spiro atoms. The highest BCUT2D eigenvalue weighted by Gasteiger charge is 2.30. The number of amidine groups is 1. The van der Waals surface area contributed by atoms with Gasteiger partial charge in [0.1, 0.15) is 5.75 Å². The molecule has 0 saturated heterocycles. The number of thioether (sulfide) groups is 1. The lowest BCUT2D eigenvalue weighted by Gasteiger charge is -2.08. The summed E-state index contributed by atoms with van der Waals surface area (Å²) in [5, 5.41) is 0.337. The lowest BCUT2D eigenvalue weighted by molar-refractivity contribution is -0.274. The number of hydrogen-bond donors (Lipinski definition) is 1. The van der Waals surface area contributed by atoms with Gasteiger partial charge in [-0.05, 0) is 30.5 Å². The number of hydrogen-bond acceptors (Lipinski definition) is 3. The molecule has 0 radical (unpaired) electrons. The van der Waals surface area contributed by atoms with Gasteiger partial charge in [0.25, 0.3) is 0 Å². The molecule has 0 atom stereocenters. The first-order chi connectivity index (χ1) is 7.40. The monoisotopic (exact) mass is 378 g/mol. The minimum absolute atomic E-state index is 0. The molecule has 2 N–H and O–H groups in total. The van der Waals surface area contributed by atoms with Crippen molar-refractivity contribution >= 4 is 46.6 Å². The molecule has 0 aliphatic rings. The normalized spacial score (nSPS) is 11.9. The van der Waals surface area contributed by atoms with E-state index in [0.717, 1.165) is 0 Å². The molecule has 0 aliphatic carbocycles. The van der Waals surface area contributed by atoms with E-state index in [9.17, 15) is 13.2 Å². The molecule has 0 bridgehead atoms. The first-order valence-corrected chi connectivity index (χ1v) is 5.37. The average Bonchev–Trinajstić information content (AvgIpc) is 2.18. The van der Waals surface area contributed by atoms with Crippen molar-refractivity contribution in [3.05, 3.63) is 24.3 Å². The summed E-state index contributed by atoms with van der Waals surface area (Å²) >= 11 is 1.25. The third-order valence-corrected chi connectivity index (χ3v) is 2.03. The summed E-state index contributed by atoms with van der Waals surface area (Å²) in [6.45, 7) is 0. The number of rotatable bonds is 2. The van der Waals surface area contributed by atoms with Crippen LogP contribution in [0.25, 0.3) is 0 Å². The lowest BCUT2D eigenvalue weighted by atomic mass is 10.3. The Balaban J connectivity index is 0.00000256. The van der Waals surface area contributed by atoms with Crippen molar-refractivity contribution < 1.29 is 17.9 Å². The van der Waals surface area contributed by atoms with Crippen molar-refractivity contribution in [3.63, 3.8) is 0 Å². The molecular weight excluding hydrogens is 368 g/mol. The Morgan fingerprint density at radius 1 is 1.29 bits per heavy atom. The van der Waals surface area contributed by atoms with Gasteiger partial charge in [-0.25, -0.2) is 4.99 Å². The number of alkyl halides is 3. The average molecular weight is 378 g/mol. The molecule has 0 saturated carbocycles. The largest absolute Gasteiger partial charge is 0.573 e. The van der Waals surface area contributed by atoms with E-state index in [-0.39, 0.29) is 29.7 Å². The number of aliphatic imine (C=N–C) groups is 1. The standard InChI is InChI=1S/C9H9F3N2OS.HI/c1-16-8(13)14-6-2-4-7(5-3-6)15-9(10,11)12;/h2-5H,1H3,(H2,13,14);1H. The van der Waals surface area contributed by atoms with Gasteiger partial charge < -0.3 is 10.5 Å². The maximum absolute atomic E-state index is 11.8. The van der Waals surface area contributed by atoms with Crippen LogP contribution < -0.4 is 10.5 Å². The molecule has 0 unspecified atom stereocenters. The van der Waals surface area contributed by atoms with E-state index in [1.807, 2.05) is 0 Å². The summed E-state index contributed by atoms with van der Waals surface area (Å²) in [5.74, 6) is -0.283. The molecule has 0 amide bonds. The summed E-state index contributed by atoms with van der Waals surface area (Å²) in [5.41, 5.74) is 5.92. The quantitative estimate of drug-likeness (QED) is 0.487. The van der Waals surface area contributed by atoms with E-state index in [1.165, 1.54) is 36.0 Å². The second-order valence-corrected chi connectivity index (χ2v) is 3.52. The van der Waals surface area contributed by atoms with E-state index in [0.29, 0.717) is 10.9 Å². The van der Waals surface area contributed by atoms with Crippen LogP contribution in [0.3, 0.4) is 0 Å². The topological polar surface area (TPSA) is 47.6 Å². The predicted octanol–water partition coefficient (Wildman–Crippen LogP) is 3.51. The SMILES string of the molecule is CSC(N)=Nc1ccc(OC(F)(F)F)cc1.I. The van der Waals surface area contributed by atoms with Crippen molar-refractivity contribution in [3.8, 4) is 5.75 Å². The Kier molecular flexibility index (Phi) is 6.68. The summed E-state index contributed by atoms with van der Waals surface area (Å²) in [6, 6.07) is 5.15. The first-order valence-electron chi connectivity index (χ1n) is 4.14. The van der Waals surface area contributed by atoms with Crippen LogP contribution in [0.2, 0.25) is 0 Å². The maximum atomic E-state index is 11.8. The molecule has 8 heteroatoms. The summed E-state index contributed by atoms with van der Waals surface area (Å²) < 4.78 is 39.2. The second kappa shape index (κ2) is 6.94. The highest BCUT2D eigenvalue weighted by atomic mass is 127. The molecule has 0 fully saturated rings. The molecule has 3 nitrogen and oxygen atoms in total. The fourth-order valence-corrected chi connectivity index (χ4v) is 1.09. The van der Waals surface area contributed by atoms with Crippen LogP contribution in [0.5, 0.6) is 5.75 Å². The highest BCUT2D eigenvalue weighted by Crippen LogP contribution is 2.25. The van der Waals surface area contributed by atoms with E-state index in [1.54, 1.807) is 6.26 Å². The molecule has 0 aliphatic heterocycles. The van der Waals surface area contributed by atoms with E-state index in [4.69, 9.17) is 5.73 Å². The molecule has 1 rings (SSSR count). The van der Waals surface area contributed by atoms with Crippen molar-refractivity contribution in [2.45, 2.75) is 6.36 Å². The van der Waals surface area contributed by atoms with Crippen molar-refractivity contribution in [2.75, 3.05) is 6.26 Å². The van der Waals surface area contributed by atoms with Gasteiger partial charge in [0.2, 0.25) is 0 Å². The summed E-state index contributed by atoms with van der Waals surface area (Å²) in [4.78, 5) is 3.94. The van der Waals surface area contributed by atoms with Crippen LogP contribution in [-0.4, -0.2) is 17.8 Å². The maximum Gasteiger partial charge on any atom is 0.573 e.